The van der Waals surface area contributed by atoms with Crippen LogP contribution < -0.4 is 5.48 Å². The van der Waals surface area contributed by atoms with E-state index in [4.69, 9.17) is 16.7 Å². The largest absolute Gasteiger partial charge is 0.394 e. The molecule has 0 bridgehead atoms. The minimum atomic E-state index is -0.427. The number of carbonyl (C=O) groups excluding carboxylic acids is 1. The summed E-state index contributed by atoms with van der Waals surface area (Å²) in [5.41, 5.74) is 2.50. The second-order valence-electron chi connectivity index (χ2n) is 2.48. The second kappa shape index (κ2) is 5.59. The lowest BCUT2D eigenvalue weighted by atomic mass is 10.2. The normalized spacial score (nSPS) is 9.86. The van der Waals surface area contributed by atoms with Crippen LogP contribution in [0, 0.1) is 0 Å². The maximum Gasteiger partial charge on any atom is 0.276 e. The van der Waals surface area contributed by atoms with E-state index in [1.807, 2.05) is 0 Å². The highest BCUT2D eigenvalue weighted by Crippen LogP contribution is 2.14. The van der Waals surface area contributed by atoms with Crippen molar-refractivity contribution >= 4 is 17.5 Å². The van der Waals surface area contributed by atoms with Crippen LogP contribution in [0.1, 0.15) is 10.4 Å². The van der Waals surface area contributed by atoms with E-state index in [2.05, 4.69) is 10.3 Å². The number of hydroxylamine groups is 1. The van der Waals surface area contributed by atoms with Crippen molar-refractivity contribution in [2.75, 3.05) is 13.2 Å². The number of rotatable bonds is 4. The number of nitrogens with one attached hydrogen (secondary N) is 1. The van der Waals surface area contributed by atoms with Gasteiger partial charge in [-0.1, -0.05) is 23.7 Å². The predicted molar refractivity (Wildman–Crippen MR) is 52.0 cm³/mol. The maximum atomic E-state index is 11.3. The lowest BCUT2D eigenvalue weighted by molar-refractivity contribution is 0.0168. The van der Waals surface area contributed by atoms with E-state index in [1.165, 1.54) is 0 Å². The van der Waals surface area contributed by atoms with Crippen molar-refractivity contribution < 1.29 is 14.7 Å². The molecule has 1 aromatic rings. The molecule has 1 aromatic carbocycles. The van der Waals surface area contributed by atoms with Crippen LogP contribution in [0.15, 0.2) is 24.3 Å². The van der Waals surface area contributed by atoms with E-state index in [-0.39, 0.29) is 13.2 Å². The number of carbonyl (C=O) groups is 1. The van der Waals surface area contributed by atoms with E-state index in [0.29, 0.717) is 10.6 Å². The fourth-order valence-corrected chi connectivity index (χ4v) is 1.08. The molecule has 76 valence electrons. The molecular formula is C9H10ClNO3. The van der Waals surface area contributed by atoms with Gasteiger partial charge in [0.1, 0.15) is 0 Å². The maximum absolute atomic E-state index is 11.3. The molecule has 0 aromatic heterocycles. The fraction of sp³-hybridized carbons (Fsp3) is 0.222. The van der Waals surface area contributed by atoms with Crippen LogP contribution in [0.3, 0.4) is 0 Å². The summed E-state index contributed by atoms with van der Waals surface area (Å²) in [5.74, 6) is -0.427. The van der Waals surface area contributed by atoms with Gasteiger partial charge >= 0.3 is 0 Å². The first-order valence-electron chi connectivity index (χ1n) is 4.03. The summed E-state index contributed by atoms with van der Waals surface area (Å²) in [5, 5.41) is 8.76. The summed E-state index contributed by atoms with van der Waals surface area (Å²) in [6.45, 7) is -0.0982. The number of benzene rings is 1. The molecule has 1 amide bonds. The molecule has 0 atom stereocenters. The molecular weight excluding hydrogens is 206 g/mol. The highest BCUT2D eigenvalue weighted by atomic mass is 35.5. The van der Waals surface area contributed by atoms with Gasteiger partial charge in [-0.2, -0.15) is 0 Å². The van der Waals surface area contributed by atoms with Crippen molar-refractivity contribution in [2.24, 2.45) is 0 Å². The average molecular weight is 216 g/mol. The topological polar surface area (TPSA) is 58.6 Å². The summed E-state index contributed by atoms with van der Waals surface area (Å²) < 4.78 is 0. The minimum Gasteiger partial charge on any atom is -0.394 e. The van der Waals surface area contributed by atoms with E-state index in [1.54, 1.807) is 24.3 Å². The number of halogens is 1. The lowest BCUT2D eigenvalue weighted by Crippen LogP contribution is -2.25. The zero-order valence-electron chi connectivity index (χ0n) is 7.37. The smallest absolute Gasteiger partial charge is 0.276 e. The van der Waals surface area contributed by atoms with Crippen LogP contribution in [-0.2, 0) is 4.84 Å². The number of hydrogen-bond acceptors (Lipinski definition) is 3. The molecule has 0 spiro atoms. The minimum absolute atomic E-state index is 0.0518. The first-order chi connectivity index (χ1) is 6.75. The summed E-state index contributed by atoms with van der Waals surface area (Å²) in [6.07, 6.45) is 0. The van der Waals surface area contributed by atoms with Gasteiger partial charge < -0.3 is 5.11 Å². The monoisotopic (exact) mass is 215 g/mol. The number of amides is 1. The van der Waals surface area contributed by atoms with Gasteiger partial charge in [0.15, 0.2) is 0 Å². The molecule has 1 rings (SSSR count). The molecule has 0 aliphatic carbocycles. The first-order valence-corrected chi connectivity index (χ1v) is 4.41. The van der Waals surface area contributed by atoms with Crippen molar-refractivity contribution in [1.82, 2.24) is 5.48 Å². The SMILES string of the molecule is O=C(NOCCO)c1ccccc1Cl. The molecule has 0 radical (unpaired) electrons. The Balaban J connectivity index is 2.56. The van der Waals surface area contributed by atoms with Gasteiger partial charge in [-0.15, -0.1) is 0 Å². The third-order valence-electron chi connectivity index (χ3n) is 1.48. The van der Waals surface area contributed by atoms with Crippen molar-refractivity contribution in [3.63, 3.8) is 0 Å². The van der Waals surface area contributed by atoms with Crippen molar-refractivity contribution in [3.05, 3.63) is 34.9 Å². The highest BCUT2D eigenvalue weighted by Gasteiger charge is 2.08. The molecule has 0 fully saturated rings. The molecule has 2 N–H and O–H groups in total. The molecule has 4 nitrogen and oxygen atoms in total. The number of aliphatic hydroxyl groups is 1. The average Bonchev–Trinajstić information content (AvgIpc) is 2.18. The second-order valence-corrected chi connectivity index (χ2v) is 2.89. The van der Waals surface area contributed by atoms with Crippen LogP contribution in [0.25, 0.3) is 0 Å². The van der Waals surface area contributed by atoms with Crippen molar-refractivity contribution in [1.29, 1.82) is 0 Å². The zero-order valence-corrected chi connectivity index (χ0v) is 8.12. The molecule has 0 saturated carbocycles. The summed E-state index contributed by atoms with van der Waals surface area (Å²) in [7, 11) is 0. The van der Waals surface area contributed by atoms with E-state index in [9.17, 15) is 4.79 Å². The van der Waals surface area contributed by atoms with Gasteiger partial charge in [-0.3, -0.25) is 9.63 Å². The van der Waals surface area contributed by atoms with Gasteiger partial charge in [0, 0.05) is 0 Å². The molecule has 0 aliphatic heterocycles. The van der Waals surface area contributed by atoms with E-state index >= 15 is 0 Å². The lowest BCUT2D eigenvalue weighted by Gasteiger charge is -2.05. The molecule has 0 saturated heterocycles. The van der Waals surface area contributed by atoms with Crippen LogP contribution in [0.5, 0.6) is 0 Å². The molecule has 14 heavy (non-hydrogen) atoms. The van der Waals surface area contributed by atoms with Crippen molar-refractivity contribution in [3.8, 4) is 0 Å². The standard InChI is InChI=1S/C9H10ClNO3/c10-8-4-2-1-3-7(8)9(13)11-14-6-5-12/h1-4,12H,5-6H2,(H,11,13). The highest BCUT2D eigenvalue weighted by molar-refractivity contribution is 6.33. The Kier molecular flexibility index (Phi) is 4.39. The Morgan fingerprint density at radius 2 is 2.21 bits per heavy atom. The van der Waals surface area contributed by atoms with Gasteiger partial charge in [0.2, 0.25) is 0 Å². The third-order valence-corrected chi connectivity index (χ3v) is 1.81. The van der Waals surface area contributed by atoms with Gasteiger partial charge in [-0.25, -0.2) is 5.48 Å². The fourth-order valence-electron chi connectivity index (χ4n) is 0.863. The Hall–Kier alpha value is -1.10. The Morgan fingerprint density at radius 3 is 2.86 bits per heavy atom. The third kappa shape index (κ3) is 2.99. The van der Waals surface area contributed by atoms with E-state index < -0.39 is 5.91 Å². The van der Waals surface area contributed by atoms with E-state index in [0.717, 1.165) is 0 Å². The Labute approximate surface area is 86.4 Å². The Bertz CT molecular complexity index is 317. The van der Waals surface area contributed by atoms with Crippen LogP contribution >= 0.6 is 11.6 Å². The molecule has 0 aliphatic rings. The molecule has 0 heterocycles. The van der Waals surface area contributed by atoms with Crippen molar-refractivity contribution in [2.45, 2.75) is 0 Å². The number of hydrogen-bond donors (Lipinski definition) is 2. The first kappa shape index (κ1) is 11.0. The summed E-state index contributed by atoms with van der Waals surface area (Å²) >= 11 is 5.77. The molecule has 0 unspecified atom stereocenters. The van der Waals surface area contributed by atoms with Gasteiger partial charge in [0.25, 0.3) is 5.91 Å². The van der Waals surface area contributed by atoms with Crippen LogP contribution in [-0.4, -0.2) is 24.2 Å². The summed E-state index contributed by atoms with van der Waals surface area (Å²) in [4.78, 5) is 16.0. The quantitative estimate of drug-likeness (QED) is 0.582. The molecule has 5 heteroatoms. The van der Waals surface area contributed by atoms with Crippen LogP contribution in [0.4, 0.5) is 0 Å². The zero-order chi connectivity index (χ0) is 10.4. The van der Waals surface area contributed by atoms with Crippen LogP contribution in [0.2, 0.25) is 5.02 Å². The predicted octanol–water partition coefficient (Wildman–Crippen LogP) is 0.994. The number of aliphatic hydroxyl groups excluding tert-OH is 1. The van der Waals surface area contributed by atoms with Gasteiger partial charge in [-0.05, 0) is 12.1 Å². The summed E-state index contributed by atoms with van der Waals surface area (Å²) in [6, 6.07) is 6.63. The van der Waals surface area contributed by atoms with Gasteiger partial charge in [0.05, 0.1) is 23.8 Å². The Morgan fingerprint density at radius 1 is 1.50 bits per heavy atom.